The van der Waals surface area contributed by atoms with Gasteiger partial charge in [0.05, 0.1) is 0 Å². The van der Waals surface area contributed by atoms with Crippen LogP contribution in [0, 0.1) is 6.92 Å². The van der Waals surface area contributed by atoms with E-state index in [-0.39, 0.29) is 0 Å². The SMILES string of the molecule is C=C(C)c1cc(NCCN)ccc1C. The van der Waals surface area contributed by atoms with Gasteiger partial charge in [-0.3, -0.25) is 0 Å². The minimum absolute atomic E-state index is 0.649. The minimum atomic E-state index is 0.649. The second-order valence-corrected chi connectivity index (χ2v) is 3.53. The summed E-state index contributed by atoms with van der Waals surface area (Å²) < 4.78 is 0. The zero-order valence-corrected chi connectivity index (χ0v) is 8.93. The van der Waals surface area contributed by atoms with Crippen LogP contribution in [0.1, 0.15) is 18.1 Å². The number of aryl methyl sites for hydroxylation is 1. The maximum Gasteiger partial charge on any atom is 0.0346 e. The van der Waals surface area contributed by atoms with Gasteiger partial charge in [0.2, 0.25) is 0 Å². The molecule has 1 aromatic carbocycles. The molecule has 14 heavy (non-hydrogen) atoms. The highest BCUT2D eigenvalue weighted by Gasteiger charge is 2.00. The van der Waals surface area contributed by atoms with Gasteiger partial charge in [0.15, 0.2) is 0 Å². The number of hydrogen-bond donors (Lipinski definition) is 2. The Hall–Kier alpha value is -1.28. The van der Waals surface area contributed by atoms with Crippen molar-refractivity contribution in [1.29, 1.82) is 0 Å². The summed E-state index contributed by atoms with van der Waals surface area (Å²) in [7, 11) is 0. The molecular weight excluding hydrogens is 172 g/mol. The Morgan fingerprint density at radius 3 is 2.79 bits per heavy atom. The van der Waals surface area contributed by atoms with Crippen molar-refractivity contribution in [2.75, 3.05) is 18.4 Å². The Balaban J connectivity index is 2.89. The summed E-state index contributed by atoms with van der Waals surface area (Å²) >= 11 is 0. The molecule has 0 aliphatic carbocycles. The molecule has 0 aliphatic heterocycles. The molecule has 0 atom stereocenters. The summed E-state index contributed by atoms with van der Waals surface area (Å²) in [5.74, 6) is 0. The quantitative estimate of drug-likeness (QED) is 0.765. The number of benzene rings is 1. The zero-order chi connectivity index (χ0) is 10.6. The topological polar surface area (TPSA) is 38.0 Å². The van der Waals surface area contributed by atoms with E-state index in [0.29, 0.717) is 6.54 Å². The van der Waals surface area contributed by atoms with Crippen LogP contribution in [-0.2, 0) is 0 Å². The van der Waals surface area contributed by atoms with Crippen molar-refractivity contribution in [3.05, 3.63) is 35.9 Å². The van der Waals surface area contributed by atoms with Gasteiger partial charge in [0, 0.05) is 18.8 Å². The molecular formula is C12H18N2. The third kappa shape index (κ3) is 2.60. The number of hydrogen-bond acceptors (Lipinski definition) is 2. The molecule has 0 amide bonds. The van der Waals surface area contributed by atoms with Gasteiger partial charge in [0.25, 0.3) is 0 Å². The van der Waals surface area contributed by atoms with E-state index in [1.54, 1.807) is 0 Å². The Morgan fingerprint density at radius 1 is 1.50 bits per heavy atom. The second kappa shape index (κ2) is 4.82. The molecule has 0 aliphatic rings. The molecule has 0 heterocycles. The van der Waals surface area contributed by atoms with Crippen molar-refractivity contribution in [3.8, 4) is 0 Å². The van der Waals surface area contributed by atoms with Crippen LogP contribution in [0.25, 0.3) is 5.57 Å². The van der Waals surface area contributed by atoms with E-state index in [2.05, 4.69) is 37.0 Å². The fraction of sp³-hybridized carbons (Fsp3) is 0.333. The van der Waals surface area contributed by atoms with Crippen molar-refractivity contribution in [3.63, 3.8) is 0 Å². The molecule has 0 saturated heterocycles. The van der Waals surface area contributed by atoms with E-state index < -0.39 is 0 Å². The van der Waals surface area contributed by atoms with E-state index in [0.717, 1.165) is 17.8 Å². The predicted molar refractivity (Wildman–Crippen MR) is 63.4 cm³/mol. The molecule has 2 heteroatoms. The Morgan fingerprint density at radius 2 is 2.21 bits per heavy atom. The van der Waals surface area contributed by atoms with Crippen molar-refractivity contribution >= 4 is 11.3 Å². The molecule has 3 N–H and O–H groups in total. The summed E-state index contributed by atoms with van der Waals surface area (Å²) in [5, 5.41) is 3.25. The van der Waals surface area contributed by atoms with Gasteiger partial charge in [0.1, 0.15) is 0 Å². The van der Waals surface area contributed by atoms with Gasteiger partial charge >= 0.3 is 0 Å². The van der Waals surface area contributed by atoms with Gasteiger partial charge in [-0.2, -0.15) is 0 Å². The number of allylic oxidation sites excluding steroid dienone is 1. The zero-order valence-electron chi connectivity index (χ0n) is 8.93. The lowest BCUT2D eigenvalue weighted by molar-refractivity contribution is 1.02. The van der Waals surface area contributed by atoms with Crippen LogP contribution in [0.2, 0.25) is 0 Å². The van der Waals surface area contributed by atoms with Gasteiger partial charge in [-0.15, -0.1) is 0 Å². The maximum atomic E-state index is 5.42. The Kier molecular flexibility index (Phi) is 3.72. The van der Waals surface area contributed by atoms with Crippen LogP contribution in [-0.4, -0.2) is 13.1 Å². The molecule has 1 rings (SSSR count). The molecule has 0 fully saturated rings. The van der Waals surface area contributed by atoms with E-state index in [1.165, 1.54) is 11.1 Å². The normalized spacial score (nSPS) is 9.93. The van der Waals surface area contributed by atoms with Crippen LogP contribution < -0.4 is 11.1 Å². The maximum absolute atomic E-state index is 5.42. The highest BCUT2D eigenvalue weighted by molar-refractivity contribution is 5.68. The second-order valence-electron chi connectivity index (χ2n) is 3.53. The average molecular weight is 190 g/mol. The summed E-state index contributed by atoms with van der Waals surface area (Å²) in [5.41, 5.74) is 10.1. The van der Waals surface area contributed by atoms with Crippen molar-refractivity contribution in [2.45, 2.75) is 13.8 Å². The molecule has 0 saturated carbocycles. The minimum Gasteiger partial charge on any atom is -0.384 e. The van der Waals surface area contributed by atoms with E-state index in [4.69, 9.17) is 5.73 Å². The van der Waals surface area contributed by atoms with Gasteiger partial charge in [-0.25, -0.2) is 0 Å². The summed E-state index contributed by atoms with van der Waals surface area (Å²) in [6.45, 7) is 9.53. The largest absolute Gasteiger partial charge is 0.384 e. The van der Waals surface area contributed by atoms with Crippen molar-refractivity contribution in [1.82, 2.24) is 0 Å². The van der Waals surface area contributed by atoms with Gasteiger partial charge in [-0.05, 0) is 37.1 Å². The van der Waals surface area contributed by atoms with Crippen molar-refractivity contribution in [2.24, 2.45) is 5.73 Å². The smallest absolute Gasteiger partial charge is 0.0346 e. The average Bonchev–Trinajstić information content (AvgIpc) is 2.16. The van der Waals surface area contributed by atoms with Crippen molar-refractivity contribution < 1.29 is 0 Å². The van der Waals surface area contributed by atoms with Gasteiger partial charge < -0.3 is 11.1 Å². The van der Waals surface area contributed by atoms with Crippen LogP contribution in [0.3, 0.4) is 0 Å². The lowest BCUT2D eigenvalue weighted by Crippen LogP contribution is -2.13. The standard InChI is InChI=1S/C12H18N2/c1-9(2)12-8-11(14-7-6-13)5-4-10(12)3/h4-5,8,14H,1,6-7,13H2,2-3H3. The summed E-state index contributed by atoms with van der Waals surface area (Å²) in [6, 6.07) is 6.29. The summed E-state index contributed by atoms with van der Waals surface area (Å²) in [6.07, 6.45) is 0. The monoisotopic (exact) mass is 190 g/mol. The fourth-order valence-corrected chi connectivity index (χ4v) is 1.41. The third-order valence-corrected chi connectivity index (χ3v) is 2.17. The van der Waals surface area contributed by atoms with Crippen LogP contribution in [0.5, 0.6) is 0 Å². The first kappa shape index (κ1) is 10.8. The molecule has 0 unspecified atom stereocenters. The fourth-order valence-electron chi connectivity index (χ4n) is 1.41. The first-order chi connectivity index (χ1) is 6.65. The van der Waals surface area contributed by atoms with E-state index in [9.17, 15) is 0 Å². The number of nitrogens with two attached hydrogens (primary N) is 1. The van der Waals surface area contributed by atoms with Crippen LogP contribution in [0.4, 0.5) is 5.69 Å². The number of rotatable bonds is 4. The van der Waals surface area contributed by atoms with E-state index in [1.807, 2.05) is 6.92 Å². The molecule has 2 nitrogen and oxygen atoms in total. The number of anilines is 1. The predicted octanol–water partition coefficient (Wildman–Crippen LogP) is 2.40. The van der Waals surface area contributed by atoms with Crippen LogP contribution in [0.15, 0.2) is 24.8 Å². The molecule has 1 aromatic rings. The highest BCUT2D eigenvalue weighted by Crippen LogP contribution is 2.20. The molecule has 0 aromatic heterocycles. The molecule has 0 radical (unpaired) electrons. The lowest BCUT2D eigenvalue weighted by Gasteiger charge is -2.09. The highest BCUT2D eigenvalue weighted by atomic mass is 14.9. The Bertz CT molecular complexity index is 329. The molecule has 0 spiro atoms. The Labute approximate surface area is 85.8 Å². The third-order valence-electron chi connectivity index (χ3n) is 2.17. The first-order valence-corrected chi connectivity index (χ1v) is 4.85. The first-order valence-electron chi connectivity index (χ1n) is 4.85. The molecule has 76 valence electrons. The van der Waals surface area contributed by atoms with Crippen LogP contribution >= 0.6 is 0 Å². The lowest BCUT2D eigenvalue weighted by atomic mass is 10.0. The molecule has 0 bridgehead atoms. The summed E-state index contributed by atoms with van der Waals surface area (Å²) in [4.78, 5) is 0. The van der Waals surface area contributed by atoms with E-state index >= 15 is 0 Å². The number of nitrogens with one attached hydrogen (secondary N) is 1. The van der Waals surface area contributed by atoms with Gasteiger partial charge in [-0.1, -0.05) is 18.2 Å².